The van der Waals surface area contributed by atoms with Crippen molar-refractivity contribution in [3.63, 3.8) is 0 Å². The van der Waals surface area contributed by atoms with Gasteiger partial charge in [-0.2, -0.15) is 0 Å². The molecule has 5 heteroatoms. The molecule has 110 valence electrons. The van der Waals surface area contributed by atoms with Crippen LogP contribution < -0.4 is 10.8 Å². The van der Waals surface area contributed by atoms with Gasteiger partial charge in [-0.3, -0.25) is 0 Å². The van der Waals surface area contributed by atoms with E-state index in [2.05, 4.69) is 44.5 Å². The molecule has 0 saturated carbocycles. The first-order chi connectivity index (χ1) is 9.39. The van der Waals surface area contributed by atoms with Gasteiger partial charge in [-0.1, -0.05) is 0 Å². The number of thiophene rings is 1. The van der Waals surface area contributed by atoms with Gasteiger partial charge in [-0.25, -0.2) is 0 Å². The third-order valence-corrected chi connectivity index (χ3v) is 5.98. The van der Waals surface area contributed by atoms with E-state index in [-0.39, 0.29) is 18.3 Å². The molecule has 2 saturated heterocycles. The van der Waals surface area contributed by atoms with Crippen molar-refractivity contribution >= 4 is 23.9 Å². The molecule has 2 aliphatic rings. The fourth-order valence-electron chi connectivity index (χ4n) is 2.78. The highest BCUT2D eigenvalue weighted by Gasteiger charge is 2.51. The van der Waals surface area contributed by atoms with Gasteiger partial charge >= 0.3 is 7.12 Å². The predicted molar refractivity (Wildman–Crippen MR) is 84.9 cm³/mol. The maximum atomic E-state index is 6.12. The lowest BCUT2D eigenvalue weighted by atomic mass is 9.80. The number of rotatable bonds is 2. The third-order valence-electron chi connectivity index (χ3n) is 4.86. The second kappa shape index (κ2) is 5.13. The van der Waals surface area contributed by atoms with Crippen LogP contribution in [0.15, 0.2) is 11.4 Å². The van der Waals surface area contributed by atoms with Crippen molar-refractivity contribution in [3.05, 3.63) is 16.3 Å². The third kappa shape index (κ3) is 2.57. The second-order valence-corrected chi connectivity index (χ2v) is 7.86. The highest BCUT2D eigenvalue weighted by atomic mass is 32.1. The summed E-state index contributed by atoms with van der Waals surface area (Å²) in [4.78, 5) is 1.46. The van der Waals surface area contributed by atoms with Crippen LogP contribution in [0, 0.1) is 0 Å². The van der Waals surface area contributed by atoms with Gasteiger partial charge < -0.3 is 14.6 Å². The minimum absolute atomic E-state index is 0.221. The summed E-state index contributed by atoms with van der Waals surface area (Å²) in [5, 5.41) is 5.68. The van der Waals surface area contributed by atoms with Crippen LogP contribution in [0.4, 0.5) is 0 Å². The topological polar surface area (TPSA) is 30.5 Å². The zero-order valence-electron chi connectivity index (χ0n) is 12.9. The molecule has 0 unspecified atom stereocenters. The molecule has 3 heterocycles. The first-order valence-corrected chi connectivity index (χ1v) is 8.42. The maximum absolute atomic E-state index is 6.12. The van der Waals surface area contributed by atoms with E-state index >= 15 is 0 Å². The van der Waals surface area contributed by atoms with Crippen LogP contribution in [0.2, 0.25) is 0 Å². The second-order valence-electron chi connectivity index (χ2n) is 6.91. The Morgan fingerprint density at radius 3 is 2.55 bits per heavy atom. The van der Waals surface area contributed by atoms with Crippen LogP contribution in [-0.4, -0.2) is 31.4 Å². The summed E-state index contributed by atoms with van der Waals surface area (Å²) in [6.45, 7) is 10.7. The van der Waals surface area contributed by atoms with Gasteiger partial charge in [0.15, 0.2) is 0 Å². The standard InChI is InChI=1S/C15H24BNO2S/c1-14(2)15(3,4)19-16(18-14)12-8-13(20-10-12)11-6-5-7-17-9-11/h8,10-11,17H,5-7,9H2,1-4H3/t11-/m1/s1. The molecule has 0 amide bonds. The quantitative estimate of drug-likeness (QED) is 0.850. The minimum Gasteiger partial charge on any atom is -0.399 e. The minimum atomic E-state index is -0.258. The van der Waals surface area contributed by atoms with Gasteiger partial charge in [0, 0.05) is 17.3 Å². The van der Waals surface area contributed by atoms with E-state index in [9.17, 15) is 0 Å². The smallest absolute Gasteiger partial charge is 0.399 e. The monoisotopic (exact) mass is 293 g/mol. The van der Waals surface area contributed by atoms with Gasteiger partial charge in [-0.15, -0.1) is 11.3 Å². The highest BCUT2D eigenvalue weighted by Crippen LogP contribution is 2.37. The van der Waals surface area contributed by atoms with Crippen LogP contribution in [0.25, 0.3) is 0 Å². The average molecular weight is 293 g/mol. The molecular formula is C15H24BNO2S. The molecule has 2 aliphatic heterocycles. The largest absolute Gasteiger partial charge is 0.495 e. The number of hydrogen-bond donors (Lipinski definition) is 1. The lowest BCUT2D eigenvalue weighted by Gasteiger charge is -2.32. The Morgan fingerprint density at radius 1 is 1.25 bits per heavy atom. The Morgan fingerprint density at radius 2 is 1.95 bits per heavy atom. The highest BCUT2D eigenvalue weighted by molar-refractivity contribution is 7.11. The molecule has 1 aromatic heterocycles. The molecule has 20 heavy (non-hydrogen) atoms. The number of hydrogen-bond acceptors (Lipinski definition) is 4. The molecule has 3 rings (SSSR count). The summed E-state index contributed by atoms with van der Waals surface area (Å²) in [5.74, 6) is 0.657. The van der Waals surface area contributed by atoms with Crippen molar-refractivity contribution in [3.8, 4) is 0 Å². The van der Waals surface area contributed by atoms with Crippen molar-refractivity contribution in [1.82, 2.24) is 5.32 Å². The van der Waals surface area contributed by atoms with Crippen molar-refractivity contribution in [2.75, 3.05) is 13.1 Å². The molecule has 1 N–H and O–H groups in total. The summed E-state index contributed by atoms with van der Waals surface area (Å²) < 4.78 is 12.2. The first-order valence-electron chi connectivity index (χ1n) is 7.54. The van der Waals surface area contributed by atoms with E-state index in [1.54, 1.807) is 0 Å². The SMILES string of the molecule is CC1(C)OB(c2csc([C@@H]3CCCNC3)c2)OC1(C)C. The van der Waals surface area contributed by atoms with E-state index in [4.69, 9.17) is 9.31 Å². The molecule has 0 spiro atoms. The Bertz CT molecular complexity index is 464. The molecule has 1 aromatic rings. The molecule has 1 atom stereocenters. The van der Waals surface area contributed by atoms with Gasteiger partial charge in [0.1, 0.15) is 0 Å². The zero-order chi connectivity index (χ0) is 14.4. The van der Waals surface area contributed by atoms with E-state index in [0.29, 0.717) is 5.92 Å². The van der Waals surface area contributed by atoms with Crippen molar-refractivity contribution < 1.29 is 9.31 Å². The van der Waals surface area contributed by atoms with Gasteiger partial charge in [-0.05, 0) is 64.0 Å². The van der Waals surface area contributed by atoms with Crippen LogP contribution >= 0.6 is 11.3 Å². The molecule has 0 aliphatic carbocycles. The summed E-state index contributed by atoms with van der Waals surface area (Å²) >= 11 is 1.84. The maximum Gasteiger partial charge on any atom is 0.495 e. The average Bonchev–Trinajstić information content (AvgIpc) is 2.94. The molecular weight excluding hydrogens is 269 g/mol. The van der Waals surface area contributed by atoms with Crippen molar-refractivity contribution in [2.45, 2.75) is 57.7 Å². The first kappa shape index (κ1) is 14.6. The van der Waals surface area contributed by atoms with E-state index < -0.39 is 0 Å². The van der Waals surface area contributed by atoms with E-state index in [1.165, 1.54) is 23.2 Å². The van der Waals surface area contributed by atoms with Gasteiger partial charge in [0.05, 0.1) is 11.2 Å². The molecule has 0 bridgehead atoms. The summed E-state index contributed by atoms with van der Waals surface area (Å²) in [6, 6.07) is 2.28. The Balaban J connectivity index is 1.74. The van der Waals surface area contributed by atoms with Crippen LogP contribution in [0.1, 0.15) is 51.3 Å². The summed E-state index contributed by atoms with van der Waals surface area (Å²) in [6.07, 6.45) is 2.56. The molecule has 0 radical (unpaired) electrons. The number of nitrogens with one attached hydrogen (secondary N) is 1. The van der Waals surface area contributed by atoms with Crippen molar-refractivity contribution in [2.24, 2.45) is 0 Å². The summed E-state index contributed by atoms with van der Waals surface area (Å²) in [5.41, 5.74) is 0.660. The van der Waals surface area contributed by atoms with Crippen LogP contribution in [0.3, 0.4) is 0 Å². The van der Waals surface area contributed by atoms with E-state index in [0.717, 1.165) is 13.1 Å². The predicted octanol–water partition coefficient (Wildman–Crippen LogP) is 2.51. The van der Waals surface area contributed by atoms with Crippen LogP contribution in [-0.2, 0) is 9.31 Å². The van der Waals surface area contributed by atoms with E-state index in [1.807, 2.05) is 11.3 Å². The van der Waals surface area contributed by atoms with Crippen molar-refractivity contribution in [1.29, 1.82) is 0 Å². The zero-order valence-corrected chi connectivity index (χ0v) is 13.7. The van der Waals surface area contributed by atoms with Crippen LogP contribution in [0.5, 0.6) is 0 Å². The lowest BCUT2D eigenvalue weighted by molar-refractivity contribution is 0.00578. The fraction of sp³-hybridized carbons (Fsp3) is 0.733. The Hall–Kier alpha value is -0.355. The number of piperidine rings is 1. The fourth-order valence-corrected chi connectivity index (χ4v) is 3.83. The molecule has 3 nitrogen and oxygen atoms in total. The Labute approximate surface area is 126 Å². The molecule has 0 aromatic carbocycles. The Kier molecular flexibility index (Phi) is 3.74. The normalized spacial score (nSPS) is 28.8. The molecule has 2 fully saturated rings. The summed E-state index contributed by atoms with van der Waals surface area (Å²) in [7, 11) is -0.221. The van der Waals surface area contributed by atoms with Gasteiger partial charge in [0.2, 0.25) is 0 Å². The lowest BCUT2D eigenvalue weighted by Crippen LogP contribution is -2.41. The van der Waals surface area contributed by atoms with Gasteiger partial charge in [0.25, 0.3) is 0 Å².